The predicted molar refractivity (Wildman–Crippen MR) is 105 cm³/mol. The molecule has 2 saturated heterocycles. The number of hydrogen-bond donors (Lipinski definition) is 1. The lowest BCUT2D eigenvalue weighted by Crippen LogP contribution is -2.62. The molecular formula is C22H24F3N3O. The summed E-state index contributed by atoms with van der Waals surface area (Å²) < 4.78 is 38.0. The van der Waals surface area contributed by atoms with Gasteiger partial charge in [-0.15, -0.1) is 0 Å². The predicted octanol–water partition coefficient (Wildman–Crippen LogP) is 4.84. The molecule has 154 valence electrons. The Labute approximate surface area is 168 Å². The van der Waals surface area contributed by atoms with Crippen molar-refractivity contribution in [2.75, 3.05) is 31.5 Å². The number of hydrogen-bond acceptors (Lipinski definition) is 2. The smallest absolute Gasteiger partial charge is 0.323 e. The van der Waals surface area contributed by atoms with Gasteiger partial charge in [0.1, 0.15) is 0 Å². The summed E-state index contributed by atoms with van der Waals surface area (Å²) in [6.07, 6.45) is -2.29. The van der Waals surface area contributed by atoms with E-state index in [2.05, 4.69) is 10.2 Å². The van der Waals surface area contributed by atoms with E-state index in [9.17, 15) is 18.0 Å². The highest BCUT2D eigenvalue weighted by atomic mass is 19.4. The van der Waals surface area contributed by atoms with E-state index in [0.29, 0.717) is 6.54 Å². The van der Waals surface area contributed by atoms with Crippen LogP contribution < -0.4 is 5.32 Å². The molecule has 0 aromatic heterocycles. The quantitative estimate of drug-likeness (QED) is 0.796. The molecule has 2 aromatic carbocycles. The zero-order valence-corrected chi connectivity index (χ0v) is 16.1. The molecule has 0 atom stereocenters. The Kier molecular flexibility index (Phi) is 5.25. The Balaban J connectivity index is 1.23. The molecule has 4 nitrogen and oxygen atoms in total. The van der Waals surface area contributed by atoms with Gasteiger partial charge in [0.25, 0.3) is 0 Å². The topological polar surface area (TPSA) is 35.6 Å². The summed E-state index contributed by atoms with van der Waals surface area (Å²) in [7, 11) is 0. The molecule has 1 N–H and O–H groups in total. The van der Waals surface area contributed by atoms with Gasteiger partial charge in [-0.1, -0.05) is 30.3 Å². The van der Waals surface area contributed by atoms with Gasteiger partial charge in [0, 0.05) is 30.7 Å². The third-order valence-electron chi connectivity index (χ3n) is 5.97. The van der Waals surface area contributed by atoms with Crippen LogP contribution in [-0.2, 0) is 12.7 Å². The number of benzene rings is 2. The summed E-state index contributed by atoms with van der Waals surface area (Å²) in [6.45, 7) is 3.98. The first-order valence-electron chi connectivity index (χ1n) is 9.83. The van der Waals surface area contributed by atoms with Gasteiger partial charge < -0.3 is 10.2 Å². The van der Waals surface area contributed by atoms with E-state index in [0.717, 1.165) is 62.4 Å². The van der Waals surface area contributed by atoms with Gasteiger partial charge in [-0.25, -0.2) is 4.79 Å². The van der Waals surface area contributed by atoms with E-state index < -0.39 is 11.7 Å². The van der Waals surface area contributed by atoms with Gasteiger partial charge in [-0.3, -0.25) is 4.90 Å². The van der Waals surface area contributed by atoms with Gasteiger partial charge in [-0.2, -0.15) is 13.2 Å². The summed E-state index contributed by atoms with van der Waals surface area (Å²) >= 11 is 0. The van der Waals surface area contributed by atoms with Gasteiger partial charge >= 0.3 is 12.2 Å². The van der Waals surface area contributed by atoms with Crippen molar-refractivity contribution in [3.05, 3.63) is 65.7 Å². The fourth-order valence-electron chi connectivity index (χ4n) is 4.19. The van der Waals surface area contributed by atoms with Crippen molar-refractivity contribution in [2.45, 2.75) is 25.6 Å². The molecule has 0 radical (unpaired) electrons. The molecule has 0 bridgehead atoms. The first-order valence-corrected chi connectivity index (χ1v) is 9.83. The van der Waals surface area contributed by atoms with Crippen LogP contribution in [0.2, 0.25) is 0 Å². The number of halogens is 3. The second kappa shape index (κ2) is 7.71. The Bertz CT molecular complexity index is 836. The standard InChI is InChI=1S/C22H24F3N3O/c23-22(24,25)18-8-6-17(7-9-18)14-27-12-10-21(11-13-27)15-28(16-21)20(29)26-19-4-2-1-3-5-19/h1-9H,10-16H2,(H,26,29). The maximum atomic E-state index is 12.7. The fourth-order valence-corrected chi connectivity index (χ4v) is 4.19. The van der Waals surface area contributed by atoms with Crippen LogP contribution in [0.1, 0.15) is 24.0 Å². The first kappa shape index (κ1) is 19.8. The van der Waals surface area contributed by atoms with Gasteiger partial charge in [-0.05, 0) is 55.8 Å². The molecule has 2 fully saturated rings. The number of anilines is 1. The lowest BCUT2D eigenvalue weighted by Gasteiger charge is -2.53. The normalized spacial score (nSPS) is 19.1. The van der Waals surface area contributed by atoms with Crippen LogP contribution >= 0.6 is 0 Å². The number of likely N-dealkylation sites (tertiary alicyclic amines) is 2. The van der Waals surface area contributed by atoms with E-state index in [4.69, 9.17) is 0 Å². The molecule has 2 aromatic rings. The van der Waals surface area contributed by atoms with Gasteiger partial charge in [0.05, 0.1) is 5.56 Å². The van der Waals surface area contributed by atoms with E-state index >= 15 is 0 Å². The highest BCUT2D eigenvalue weighted by Gasteiger charge is 2.46. The Hall–Kier alpha value is -2.54. The first-order chi connectivity index (χ1) is 13.8. The van der Waals surface area contributed by atoms with Crippen molar-refractivity contribution in [3.8, 4) is 0 Å². The van der Waals surface area contributed by atoms with E-state index in [1.54, 1.807) is 12.1 Å². The molecule has 29 heavy (non-hydrogen) atoms. The van der Waals surface area contributed by atoms with E-state index in [1.807, 2.05) is 35.2 Å². The molecule has 0 saturated carbocycles. The van der Waals surface area contributed by atoms with Gasteiger partial charge in [0.15, 0.2) is 0 Å². The van der Waals surface area contributed by atoms with Crippen molar-refractivity contribution in [2.24, 2.45) is 5.41 Å². The zero-order valence-electron chi connectivity index (χ0n) is 16.1. The zero-order chi connectivity index (χ0) is 20.5. The molecule has 2 heterocycles. The Morgan fingerprint density at radius 2 is 1.59 bits per heavy atom. The van der Waals surface area contributed by atoms with E-state index in [1.165, 1.54) is 0 Å². The van der Waals surface area contributed by atoms with Gasteiger partial charge in [0.2, 0.25) is 0 Å². The molecule has 0 aliphatic carbocycles. The molecule has 2 aliphatic rings. The number of piperidine rings is 1. The number of alkyl halides is 3. The Morgan fingerprint density at radius 1 is 0.966 bits per heavy atom. The third kappa shape index (κ3) is 4.56. The summed E-state index contributed by atoms with van der Waals surface area (Å²) in [6, 6.07) is 14.8. The molecule has 1 spiro atoms. The Morgan fingerprint density at radius 3 is 2.17 bits per heavy atom. The molecule has 7 heteroatoms. The third-order valence-corrected chi connectivity index (χ3v) is 5.97. The lowest BCUT2D eigenvalue weighted by atomic mass is 9.72. The van der Waals surface area contributed by atoms with Crippen LogP contribution in [0.3, 0.4) is 0 Å². The van der Waals surface area contributed by atoms with Crippen molar-refractivity contribution in [1.82, 2.24) is 9.80 Å². The second-order valence-corrected chi connectivity index (χ2v) is 8.12. The van der Waals surface area contributed by atoms with Crippen molar-refractivity contribution < 1.29 is 18.0 Å². The second-order valence-electron chi connectivity index (χ2n) is 8.12. The monoisotopic (exact) mass is 403 g/mol. The van der Waals surface area contributed by atoms with Crippen LogP contribution in [0.5, 0.6) is 0 Å². The fraction of sp³-hybridized carbons (Fsp3) is 0.409. The molecule has 0 unspecified atom stereocenters. The minimum absolute atomic E-state index is 0.0611. The maximum Gasteiger partial charge on any atom is 0.416 e. The van der Waals surface area contributed by atoms with Crippen LogP contribution in [0.25, 0.3) is 0 Å². The number of nitrogens with zero attached hydrogens (tertiary/aromatic N) is 2. The summed E-state index contributed by atoms with van der Waals surface area (Å²) in [5, 5.41) is 2.92. The molecule has 2 amide bonds. The summed E-state index contributed by atoms with van der Waals surface area (Å²) in [4.78, 5) is 16.5. The van der Waals surface area contributed by atoms with E-state index in [-0.39, 0.29) is 11.4 Å². The molecule has 2 aliphatic heterocycles. The minimum atomic E-state index is -4.29. The van der Waals surface area contributed by atoms with Crippen molar-refractivity contribution in [1.29, 1.82) is 0 Å². The molecular weight excluding hydrogens is 379 g/mol. The van der Waals surface area contributed by atoms with Crippen molar-refractivity contribution >= 4 is 11.7 Å². The summed E-state index contributed by atoms with van der Waals surface area (Å²) in [5.41, 5.74) is 1.27. The van der Waals surface area contributed by atoms with Crippen LogP contribution in [-0.4, -0.2) is 42.0 Å². The van der Waals surface area contributed by atoms with Crippen LogP contribution in [0.15, 0.2) is 54.6 Å². The largest absolute Gasteiger partial charge is 0.416 e. The van der Waals surface area contributed by atoms with Crippen molar-refractivity contribution in [3.63, 3.8) is 0 Å². The van der Waals surface area contributed by atoms with Crippen LogP contribution in [0.4, 0.5) is 23.7 Å². The number of rotatable bonds is 3. The number of para-hydroxylation sites is 1. The summed E-state index contributed by atoms with van der Waals surface area (Å²) in [5.74, 6) is 0. The number of carbonyl (C=O) groups is 1. The number of amides is 2. The van der Waals surface area contributed by atoms with Crippen LogP contribution in [0, 0.1) is 5.41 Å². The average molecular weight is 403 g/mol. The lowest BCUT2D eigenvalue weighted by molar-refractivity contribution is -0.137. The highest BCUT2D eigenvalue weighted by Crippen LogP contribution is 2.41. The number of nitrogens with one attached hydrogen (secondary N) is 1. The number of urea groups is 1. The molecule has 4 rings (SSSR count). The minimum Gasteiger partial charge on any atom is -0.323 e. The maximum absolute atomic E-state index is 12.7. The SMILES string of the molecule is O=C(Nc1ccccc1)N1CC2(CCN(Cc3ccc(C(F)(F)F)cc3)CC2)C1. The average Bonchev–Trinajstić information content (AvgIpc) is 2.67. The highest BCUT2D eigenvalue weighted by molar-refractivity contribution is 5.89. The number of carbonyl (C=O) groups excluding carboxylic acids is 1.